The Morgan fingerprint density at radius 1 is 1.00 bits per heavy atom. The largest absolute Gasteiger partial charge is 0.416 e. The van der Waals surface area contributed by atoms with Gasteiger partial charge in [0.2, 0.25) is 5.91 Å². The Bertz CT molecular complexity index is 895. The minimum absolute atomic E-state index is 0.175. The van der Waals surface area contributed by atoms with Crippen molar-refractivity contribution in [3.63, 3.8) is 0 Å². The van der Waals surface area contributed by atoms with E-state index < -0.39 is 17.6 Å². The first-order valence-electron chi connectivity index (χ1n) is 8.27. The minimum Gasteiger partial charge on any atom is -0.376 e. The molecule has 0 spiro atoms. The molecule has 0 aromatic heterocycles. The summed E-state index contributed by atoms with van der Waals surface area (Å²) in [5, 5.41) is 9.24. The van der Waals surface area contributed by atoms with E-state index in [4.69, 9.17) is 0 Å². The van der Waals surface area contributed by atoms with Crippen molar-refractivity contribution in [2.75, 3.05) is 17.2 Å². The molecule has 2 amide bonds. The number of hydrazone groups is 1. The van der Waals surface area contributed by atoms with Crippen molar-refractivity contribution in [3.05, 3.63) is 59.7 Å². The summed E-state index contributed by atoms with van der Waals surface area (Å²) >= 11 is 0. The fourth-order valence-corrected chi connectivity index (χ4v) is 2.26. The van der Waals surface area contributed by atoms with Gasteiger partial charge in [-0.05, 0) is 42.8 Å². The minimum atomic E-state index is -4.45. The molecule has 3 N–H and O–H groups in total. The number of nitrogens with zero attached hydrogens (tertiary/aromatic N) is 1. The molecule has 0 fully saturated rings. The first-order chi connectivity index (χ1) is 13.1. The maximum Gasteiger partial charge on any atom is 0.416 e. The second-order valence-corrected chi connectivity index (χ2v) is 5.93. The summed E-state index contributed by atoms with van der Waals surface area (Å²) in [4.78, 5) is 23.0. The Labute approximate surface area is 159 Å². The molecule has 9 heteroatoms. The molecule has 0 saturated heterocycles. The van der Waals surface area contributed by atoms with E-state index in [2.05, 4.69) is 21.2 Å². The van der Waals surface area contributed by atoms with Crippen LogP contribution < -0.4 is 16.1 Å². The van der Waals surface area contributed by atoms with Crippen LogP contribution in [-0.2, 0) is 15.8 Å². The van der Waals surface area contributed by atoms with Gasteiger partial charge in [-0.25, -0.2) is 5.43 Å². The summed E-state index contributed by atoms with van der Waals surface area (Å²) in [5.41, 5.74) is 3.49. The number of carbonyl (C=O) groups excluding carboxylic acids is 2. The molecule has 0 aliphatic heterocycles. The van der Waals surface area contributed by atoms with Crippen LogP contribution in [-0.4, -0.2) is 24.1 Å². The zero-order valence-electron chi connectivity index (χ0n) is 15.2. The molecule has 0 atom stereocenters. The van der Waals surface area contributed by atoms with Crippen LogP contribution in [0.4, 0.5) is 24.5 Å². The standard InChI is InChI=1S/C19H19F3N4O2/c1-12(14-5-3-8-17(9-14)24-13(2)27)25-26-18(28)11-23-16-7-4-6-15(10-16)19(20,21)22/h3-10,23H,11H2,1-2H3,(H,24,27)(H,26,28). The summed E-state index contributed by atoms with van der Waals surface area (Å²) in [6, 6.07) is 11.5. The number of alkyl halides is 3. The molecule has 0 bridgehead atoms. The summed E-state index contributed by atoms with van der Waals surface area (Å²) in [5.74, 6) is -0.726. The van der Waals surface area contributed by atoms with Crippen LogP contribution >= 0.6 is 0 Å². The van der Waals surface area contributed by atoms with E-state index in [0.717, 1.165) is 12.1 Å². The molecule has 0 heterocycles. The second kappa shape index (κ2) is 9.03. The van der Waals surface area contributed by atoms with Gasteiger partial charge >= 0.3 is 6.18 Å². The molecule has 28 heavy (non-hydrogen) atoms. The number of anilines is 2. The lowest BCUT2D eigenvalue weighted by Crippen LogP contribution is -2.26. The average molecular weight is 392 g/mol. The molecule has 2 aromatic rings. The van der Waals surface area contributed by atoms with Crippen LogP contribution in [0.3, 0.4) is 0 Å². The van der Waals surface area contributed by atoms with Crippen LogP contribution in [0.1, 0.15) is 25.0 Å². The third-order valence-electron chi connectivity index (χ3n) is 3.59. The number of hydrogen-bond acceptors (Lipinski definition) is 4. The number of benzene rings is 2. The molecule has 0 aliphatic carbocycles. The Morgan fingerprint density at radius 2 is 1.68 bits per heavy atom. The SMILES string of the molecule is CC(=O)Nc1cccc(C(C)=NNC(=O)CNc2cccc(C(F)(F)F)c2)c1. The molecular weight excluding hydrogens is 373 g/mol. The van der Waals surface area contributed by atoms with Gasteiger partial charge in [0.15, 0.2) is 0 Å². The molecule has 6 nitrogen and oxygen atoms in total. The topological polar surface area (TPSA) is 82.6 Å². The zero-order chi connectivity index (χ0) is 20.7. The average Bonchev–Trinajstić information content (AvgIpc) is 2.63. The third-order valence-corrected chi connectivity index (χ3v) is 3.59. The Balaban J connectivity index is 1.94. The maximum atomic E-state index is 12.7. The van der Waals surface area contributed by atoms with Gasteiger partial charge in [-0.15, -0.1) is 0 Å². The van der Waals surface area contributed by atoms with Crippen LogP contribution in [0, 0.1) is 0 Å². The van der Waals surface area contributed by atoms with Crippen molar-refractivity contribution in [3.8, 4) is 0 Å². The van der Waals surface area contributed by atoms with Gasteiger partial charge in [0.1, 0.15) is 0 Å². The highest BCUT2D eigenvalue weighted by molar-refractivity contribution is 6.01. The number of rotatable bonds is 6. The molecule has 0 radical (unpaired) electrons. The molecule has 2 aromatic carbocycles. The quantitative estimate of drug-likeness (QED) is 0.519. The van der Waals surface area contributed by atoms with Gasteiger partial charge < -0.3 is 10.6 Å². The maximum absolute atomic E-state index is 12.7. The second-order valence-electron chi connectivity index (χ2n) is 5.93. The van der Waals surface area contributed by atoms with E-state index in [1.165, 1.54) is 19.1 Å². The lowest BCUT2D eigenvalue weighted by atomic mass is 10.1. The predicted molar refractivity (Wildman–Crippen MR) is 101 cm³/mol. The van der Waals surface area contributed by atoms with E-state index in [1.54, 1.807) is 31.2 Å². The normalized spacial score (nSPS) is 11.7. The first-order valence-corrected chi connectivity index (χ1v) is 8.27. The van der Waals surface area contributed by atoms with Crippen molar-refractivity contribution in [2.24, 2.45) is 5.10 Å². The van der Waals surface area contributed by atoms with E-state index in [9.17, 15) is 22.8 Å². The highest BCUT2D eigenvalue weighted by Crippen LogP contribution is 2.30. The lowest BCUT2D eigenvalue weighted by Gasteiger charge is -2.10. The number of halogens is 3. The van der Waals surface area contributed by atoms with E-state index >= 15 is 0 Å². The van der Waals surface area contributed by atoms with Gasteiger partial charge in [0.25, 0.3) is 5.91 Å². The highest BCUT2D eigenvalue weighted by Gasteiger charge is 2.30. The molecule has 0 aliphatic rings. The van der Waals surface area contributed by atoms with Crippen molar-refractivity contribution < 1.29 is 22.8 Å². The molecule has 148 valence electrons. The van der Waals surface area contributed by atoms with Crippen molar-refractivity contribution >= 4 is 28.9 Å². The van der Waals surface area contributed by atoms with Crippen LogP contribution in [0.25, 0.3) is 0 Å². The summed E-state index contributed by atoms with van der Waals surface area (Å²) in [6.07, 6.45) is -4.45. The first kappa shape index (κ1) is 20.9. The lowest BCUT2D eigenvalue weighted by molar-refractivity contribution is -0.137. The molecular formula is C19H19F3N4O2. The van der Waals surface area contributed by atoms with E-state index in [0.29, 0.717) is 17.0 Å². The summed E-state index contributed by atoms with van der Waals surface area (Å²) < 4.78 is 38.1. The third kappa shape index (κ3) is 6.42. The zero-order valence-corrected chi connectivity index (χ0v) is 15.2. The number of nitrogens with one attached hydrogen (secondary N) is 3. The van der Waals surface area contributed by atoms with Gasteiger partial charge in [-0.2, -0.15) is 18.3 Å². The number of carbonyl (C=O) groups is 2. The van der Waals surface area contributed by atoms with E-state index in [-0.39, 0.29) is 18.1 Å². The van der Waals surface area contributed by atoms with Gasteiger partial charge in [-0.1, -0.05) is 18.2 Å². The number of amides is 2. The highest BCUT2D eigenvalue weighted by atomic mass is 19.4. The van der Waals surface area contributed by atoms with Crippen molar-refractivity contribution in [1.82, 2.24) is 5.43 Å². The Hall–Kier alpha value is -3.36. The van der Waals surface area contributed by atoms with Crippen molar-refractivity contribution in [2.45, 2.75) is 20.0 Å². The van der Waals surface area contributed by atoms with Crippen LogP contribution in [0.2, 0.25) is 0 Å². The fraction of sp³-hybridized carbons (Fsp3) is 0.211. The molecule has 2 rings (SSSR count). The monoisotopic (exact) mass is 392 g/mol. The molecule has 0 saturated carbocycles. The fourth-order valence-electron chi connectivity index (χ4n) is 2.26. The van der Waals surface area contributed by atoms with Crippen molar-refractivity contribution in [1.29, 1.82) is 0 Å². The van der Waals surface area contributed by atoms with Gasteiger partial charge in [-0.3, -0.25) is 9.59 Å². The Morgan fingerprint density at radius 3 is 2.36 bits per heavy atom. The summed E-state index contributed by atoms with van der Waals surface area (Å²) in [7, 11) is 0. The van der Waals surface area contributed by atoms with Gasteiger partial charge in [0, 0.05) is 18.3 Å². The molecule has 0 unspecified atom stereocenters. The predicted octanol–water partition coefficient (Wildman–Crippen LogP) is 3.62. The van der Waals surface area contributed by atoms with Crippen LogP contribution in [0.5, 0.6) is 0 Å². The summed E-state index contributed by atoms with van der Waals surface area (Å²) in [6.45, 7) is 2.82. The number of hydrogen-bond donors (Lipinski definition) is 3. The van der Waals surface area contributed by atoms with Gasteiger partial charge in [0.05, 0.1) is 17.8 Å². The van der Waals surface area contributed by atoms with E-state index in [1.807, 2.05) is 0 Å². The Kier molecular flexibility index (Phi) is 6.75. The smallest absolute Gasteiger partial charge is 0.376 e. The van der Waals surface area contributed by atoms with Crippen LogP contribution in [0.15, 0.2) is 53.6 Å².